The van der Waals surface area contributed by atoms with Gasteiger partial charge in [-0.25, -0.2) is 8.78 Å². The van der Waals surface area contributed by atoms with E-state index in [4.69, 9.17) is 0 Å². The van der Waals surface area contributed by atoms with Crippen molar-refractivity contribution < 1.29 is 8.78 Å². The standard InChI is InChI=1S/C13H17F2NS/c14-13(15)11-4-1-3-10(7-11)8-16-12-5-2-6-17-9-12/h1,3-4,7,12-13,16H,2,5-6,8-9H2. The second-order valence-electron chi connectivity index (χ2n) is 4.34. The highest BCUT2D eigenvalue weighted by atomic mass is 32.2. The first kappa shape index (κ1) is 12.8. The summed E-state index contributed by atoms with van der Waals surface area (Å²) in [5.41, 5.74) is 1.06. The van der Waals surface area contributed by atoms with Crippen LogP contribution < -0.4 is 5.32 Å². The predicted octanol–water partition coefficient (Wildman–Crippen LogP) is 3.61. The third-order valence-electron chi connectivity index (χ3n) is 2.96. The summed E-state index contributed by atoms with van der Waals surface area (Å²) in [6.45, 7) is 0.686. The van der Waals surface area contributed by atoms with Crippen LogP contribution in [0.1, 0.15) is 30.4 Å². The highest BCUT2D eigenvalue weighted by Crippen LogP contribution is 2.20. The quantitative estimate of drug-likeness (QED) is 0.884. The zero-order valence-corrected chi connectivity index (χ0v) is 10.5. The minimum absolute atomic E-state index is 0.113. The number of benzene rings is 1. The summed E-state index contributed by atoms with van der Waals surface area (Å²) in [7, 11) is 0. The number of nitrogens with one attached hydrogen (secondary N) is 1. The van der Waals surface area contributed by atoms with E-state index in [9.17, 15) is 8.78 Å². The second-order valence-corrected chi connectivity index (χ2v) is 5.49. The van der Waals surface area contributed by atoms with E-state index in [2.05, 4.69) is 5.32 Å². The number of hydrogen-bond donors (Lipinski definition) is 1. The molecule has 1 aliphatic heterocycles. The molecule has 1 aromatic rings. The van der Waals surface area contributed by atoms with Crippen LogP contribution in [-0.4, -0.2) is 17.5 Å². The highest BCUT2D eigenvalue weighted by molar-refractivity contribution is 7.99. The minimum atomic E-state index is -2.37. The largest absolute Gasteiger partial charge is 0.309 e. The fourth-order valence-electron chi connectivity index (χ4n) is 2.00. The summed E-state index contributed by atoms with van der Waals surface area (Å²) in [5.74, 6) is 2.38. The van der Waals surface area contributed by atoms with Crippen molar-refractivity contribution in [3.05, 3.63) is 35.4 Å². The van der Waals surface area contributed by atoms with Gasteiger partial charge in [-0.2, -0.15) is 11.8 Å². The molecule has 4 heteroatoms. The summed E-state index contributed by atoms with van der Waals surface area (Å²) in [5, 5.41) is 3.44. The van der Waals surface area contributed by atoms with Crippen molar-refractivity contribution in [3.8, 4) is 0 Å². The zero-order valence-electron chi connectivity index (χ0n) is 9.66. The molecule has 1 heterocycles. The van der Waals surface area contributed by atoms with Gasteiger partial charge in [0.25, 0.3) is 6.43 Å². The van der Waals surface area contributed by atoms with Gasteiger partial charge in [-0.3, -0.25) is 0 Å². The van der Waals surface area contributed by atoms with Crippen molar-refractivity contribution in [2.75, 3.05) is 11.5 Å². The van der Waals surface area contributed by atoms with E-state index >= 15 is 0 Å². The Morgan fingerprint density at radius 3 is 3.00 bits per heavy atom. The number of thioether (sulfide) groups is 1. The van der Waals surface area contributed by atoms with E-state index in [1.165, 1.54) is 24.7 Å². The number of alkyl halides is 2. The van der Waals surface area contributed by atoms with E-state index in [1.807, 2.05) is 17.8 Å². The molecule has 94 valence electrons. The molecule has 2 rings (SSSR count). The maximum Gasteiger partial charge on any atom is 0.263 e. The topological polar surface area (TPSA) is 12.0 Å². The summed E-state index contributed by atoms with van der Waals surface area (Å²) >= 11 is 1.96. The summed E-state index contributed by atoms with van der Waals surface area (Å²) in [4.78, 5) is 0. The van der Waals surface area contributed by atoms with Gasteiger partial charge in [0.15, 0.2) is 0 Å². The molecule has 0 amide bonds. The molecule has 1 atom stereocenters. The van der Waals surface area contributed by atoms with Crippen LogP contribution >= 0.6 is 11.8 Å². The van der Waals surface area contributed by atoms with Crippen LogP contribution in [0.4, 0.5) is 8.78 Å². The average molecular weight is 257 g/mol. The highest BCUT2D eigenvalue weighted by Gasteiger charge is 2.13. The average Bonchev–Trinajstić information content (AvgIpc) is 2.38. The minimum Gasteiger partial charge on any atom is -0.309 e. The second kappa shape index (κ2) is 6.36. The van der Waals surface area contributed by atoms with Crippen LogP contribution in [-0.2, 0) is 6.54 Å². The lowest BCUT2D eigenvalue weighted by molar-refractivity contribution is 0.151. The van der Waals surface area contributed by atoms with Crippen molar-refractivity contribution in [2.45, 2.75) is 31.9 Å². The molecule has 17 heavy (non-hydrogen) atoms. The molecular formula is C13H17F2NS. The van der Waals surface area contributed by atoms with Gasteiger partial charge >= 0.3 is 0 Å². The molecular weight excluding hydrogens is 240 g/mol. The van der Waals surface area contributed by atoms with E-state index in [0.29, 0.717) is 12.6 Å². The Bertz CT molecular complexity index is 351. The van der Waals surface area contributed by atoms with Crippen molar-refractivity contribution >= 4 is 11.8 Å². The Morgan fingerprint density at radius 1 is 1.41 bits per heavy atom. The first-order valence-corrected chi connectivity index (χ1v) is 7.09. The molecule has 0 aliphatic carbocycles. The molecule has 1 N–H and O–H groups in total. The van der Waals surface area contributed by atoms with Crippen molar-refractivity contribution in [2.24, 2.45) is 0 Å². The number of hydrogen-bond acceptors (Lipinski definition) is 2. The molecule has 1 saturated heterocycles. The molecule has 1 aliphatic rings. The lowest BCUT2D eigenvalue weighted by Crippen LogP contribution is -2.33. The first-order chi connectivity index (χ1) is 8.25. The van der Waals surface area contributed by atoms with Gasteiger partial charge in [0.2, 0.25) is 0 Å². The van der Waals surface area contributed by atoms with Crippen LogP contribution in [0.3, 0.4) is 0 Å². The number of rotatable bonds is 4. The molecule has 1 nitrogen and oxygen atoms in total. The summed E-state index contributed by atoms with van der Waals surface area (Å²) in [6.07, 6.45) is 0.0706. The van der Waals surface area contributed by atoms with Gasteiger partial charge in [0, 0.05) is 23.9 Å². The third-order valence-corrected chi connectivity index (χ3v) is 4.17. The Hall–Kier alpha value is -0.610. The summed E-state index contributed by atoms with van der Waals surface area (Å²) in [6, 6.07) is 7.20. The Balaban J connectivity index is 1.87. The van der Waals surface area contributed by atoms with E-state index < -0.39 is 6.43 Å². The van der Waals surface area contributed by atoms with Crippen LogP contribution in [0.5, 0.6) is 0 Å². The molecule has 0 radical (unpaired) electrons. The lowest BCUT2D eigenvalue weighted by Gasteiger charge is -2.22. The van der Waals surface area contributed by atoms with Gasteiger partial charge in [0.1, 0.15) is 0 Å². The van der Waals surface area contributed by atoms with E-state index in [0.717, 1.165) is 11.3 Å². The molecule has 0 spiro atoms. The Morgan fingerprint density at radius 2 is 2.29 bits per heavy atom. The maximum absolute atomic E-state index is 12.5. The summed E-state index contributed by atoms with van der Waals surface area (Å²) < 4.78 is 25.0. The van der Waals surface area contributed by atoms with Gasteiger partial charge in [0.05, 0.1) is 0 Å². The molecule has 1 unspecified atom stereocenters. The molecule has 1 fully saturated rings. The van der Waals surface area contributed by atoms with Gasteiger partial charge in [-0.1, -0.05) is 18.2 Å². The maximum atomic E-state index is 12.5. The van der Waals surface area contributed by atoms with Crippen LogP contribution in [0, 0.1) is 0 Å². The Labute approximate surface area is 105 Å². The molecule has 0 aromatic heterocycles. The molecule has 0 saturated carbocycles. The van der Waals surface area contributed by atoms with Crippen LogP contribution in [0.15, 0.2) is 24.3 Å². The van der Waals surface area contributed by atoms with E-state index in [-0.39, 0.29) is 5.56 Å². The molecule has 1 aromatic carbocycles. The molecule has 0 bridgehead atoms. The zero-order chi connectivity index (χ0) is 12.1. The van der Waals surface area contributed by atoms with Gasteiger partial charge in [-0.15, -0.1) is 0 Å². The lowest BCUT2D eigenvalue weighted by atomic mass is 10.1. The monoisotopic (exact) mass is 257 g/mol. The normalized spacial score (nSPS) is 20.8. The van der Waals surface area contributed by atoms with Crippen molar-refractivity contribution in [1.29, 1.82) is 0 Å². The van der Waals surface area contributed by atoms with E-state index in [1.54, 1.807) is 12.1 Å². The third kappa shape index (κ3) is 3.96. The van der Waals surface area contributed by atoms with Crippen LogP contribution in [0.25, 0.3) is 0 Å². The SMILES string of the molecule is FC(F)c1cccc(CNC2CCCSC2)c1. The smallest absolute Gasteiger partial charge is 0.263 e. The van der Waals surface area contributed by atoms with Gasteiger partial charge in [-0.05, 0) is 30.2 Å². The number of halogens is 2. The van der Waals surface area contributed by atoms with Crippen molar-refractivity contribution in [1.82, 2.24) is 5.32 Å². The van der Waals surface area contributed by atoms with Crippen molar-refractivity contribution in [3.63, 3.8) is 0 Å². The fourth-order valence-corrected chi connectivity index (χ4v) is 3.11. The predicted molar refractivity (Wildman–Crippen MR) is 68.6 cm³/mol. The first-order valence-electron chi connectivity index (χ1n) is 5.94. The van der Waals surface area contributed by atoms with Crippen LogP contribution in [0.2, 0.25) is 0 Å². The van der Waals surface area contributed by atoms with Gasteiger partial charge < -0.3 is 5.32 Å². The Kier molecular flexibility index (Phi) is 4.80. The fraction of sp³-hybridized carbons (Fsp3) is 0.538.